The van der Waals surface area contributed by atoms with E-state index in [1.165, 1.54) is 35.9 Å². The number of para-hydroxylation sites is 1. The van der Waals surface area contributed by atoms with Crippen LogP contribution in [0.1, 0.15) is 40.9 Å². The fourth-order valence-corrected chi connectivity index (χ4v) is 3.77. The molecule has 2 amide bonds. The van der Waals surface area contributed by atoms with Crippen molar-refractivity contribution in [3.05, 3.63) is 35.0 Å². The zero-order valence-corrected chi connectivity index (χ0v) is 13.2. The van der Waals surface area contributed by atoms with Gasteiger partial charge < -0.3 is 15.2 Å². The van der Waals surface area contributed by atoms with Gasteiger partial charge in [0.1, 0.15) is 0 Å². The Morgan fingerprint density at radius 3 is 2.87 bits per heavy atom. The number of hydrogen-bond donors (Lipinski definition) is 2. The molecule has 2 heterocycles. The van der Waals surface area contributed by atoms with Crippen LogP contribution in [0.5, 0.6) is 0 Å². The van der Waals surface area contributed by atoms with Crippen molar-refractivity contribution in [1.82, 2.24) is 15.2 Å². The predicted octanol–water partition coefficient (Wildman–Crippen LogP) is 2.01. The quantitative estimate of drug-likeness (QED) is 0.791. The molecular formula is C18H21N3O2. The maximum atomic E-state index is 12.9. The van der Waals surface area contributed by atoms with E-state index in [4.69, 9.17) is 0 Å². The van der Waals surface area contributed by atoms with Crippen LogP contribution < -0.4 is 5.32 Å². The first-order valence-corrected chi connectivity index (χ1v) is 8.42. The summed E-state index contributed by atoms with van der Waals surface area (Å²) in [7, 11) is 0. The number of hydrogen-bond acceptors (Lipinski definition) is 2. The topological polar surface area (TPSA) is 65.2 Å². The van der Waals surface area contributed by atoms with Gasteiger partial charge >= 0.3 is 0 Å². The lowest BCUT2D eigenvalue weighted by atomic mass is 10.0. The van der Waals surface area contributed by atoms with Gasteiger partial charge in [0.25, 0.3) is 5.91 Å². The molecule has 0 spiro atoms. The molecule has 1 aromatic carbocycles. The van der Waals surface area contributed by atoms with Gasteiger partial charge in [-0.25, -0.2) is 0 Å². The number of carbonyl (C=O) groups excluding carboxylic acids is 2. The summed E-state index contributed by atoms with van der Waals surface area (Å²) in [4.78, 5) is 29.6. The Labute approximate surface area is 135 Å². The number of carbonyl (C=O) groups is 2. The second-order valence-corrected chi connectivity index (χ2v) is 6.45. The number of H-pyrrole nitrogens is 1. The molecule has 2 aromatic rings. The first kappa shape index (κ1) is 14.3. The van der Waals surface area contributed by atoms with Crippen LogP contribution in [0.2, 0.25) is 0 Å². The Bertz CT molecular complexity index is 778. The molecule has 1 aromatic heterocycles. The number of rotatable bonds is 1. The molecule has 0 radical (unpaired) electrons. The normalized spacial score (nSPS) is 18.4. The number of piperazine rings is 1. The first-order valence-electron chi connectivity index (χ1n) is 8.42. The van der Waals surface area contributed by atoms with Crippen molar-refractivity contribution < 1.29 is 9.59 Å². The van der Waals surface area contributed by atoms with Crippen LogP contribution in [-0.2, 0) is 17.6 Å². The van der Waals surface area contributed by atoms with E-state index in [9.17, 15) is 9.59 Å². The molecule has 5 heteroatoms. The average Bonchev–Trinajstić information content (AvgIpc) is 2.76. The molecule has 23 heavy (non-hydrogen) atoms. The van der Waals surface area contributed by atoms with Gasteiger partial charge in [0.2, 0.25) is 5.91 Å². The van der Waals surface area contributed by atoms with Crippen LogP contribution in [0.4, 0.5) is 0 Å². The van der Waals surface area contributed by atoms with E-state index in [-0.39, 0.29) is 18.4 Å². The van der Waals surface area contributed by atoms with Crippen molar-refractivity contribution in [2.75, 3.05) is 19.6 Å². The molecule has 0 unspecified atom stereocenters. The van der Waals surface area contributed by atoms with Crippen LogP contribution in [0.15, 0.2) is 18.2 Å². The van der Waals surface area contributed by atoms with Gasteiger partial charge in [0.05, 0.1) is 17.6 Å². The molecule has 1 aliphatic carbocycles. The van der Waals surface area contributed by atoms with Gasteiger partial charge in [-0.05, 0) is 37.3 Å². The lowest BCUT2D eigenvalue weighted by Gasteiger charge is -2.26. The third kappa shape index (κ3) is 2.50. The van der Waals surface area contributed by atoms with Gasteiger partial charge in [0, 0.05) is 24.2 Å². The number of nitrogens with zero attached hydrogens (tertiary/aromatic N) is 1. The van der Waals surface area contributed by atoms with E-state index in [0.29, 0.717) is 18.7 Å². The molecule has 4 rings (SSSR count). The number of amides is 2. The highest BCUT2D eigenvalue weighted by molar-refractivity contribution is 6.07. The van der Waals surface area contributed by atoms with Crippen molar-refractivity contribution in [2.45, 2.75) is 32.1 Å². The lowest BCUT2D eigenvalue weighted by Crippen LogP contribution is -2.50. The first-order chi connectivity index (χ1) is 11.2. The highest BCUT2D eigenvalue weighted by atomic mass is 16.2. The standard InChI is InChI=1S/C18H21N3O2/c22-16-11-21(10-9-19-16)18(23)14-7-4-6-13-12-5-2-1-3-8-15(12)20-17(13)14/h4,6-7,20H,1-3,5,8-11H2,(H,19,22). The molecule has 1 fully saturated rings. The van der Waals surface area contributed by atoms with Crippen molar-refractivity contribution >= 4 is 22.7 Å². The largest absolute Gasteiger partial charge is 0.358 e. The van der Waals surface area contributed by atoms with Crippen molar-refractivity contribution in [1.29, 1.82) is 0 Å². The minimum atomic E-state index is -0.0842. The summed E-state index contributed by atoms with van der Waals surface area (Å²) in [6.45, 7) is 1.25. The highest BCUT2D eigenvalue weighted by Gasteiger charge is 2.25. The maximum Gasteiger partial charge on any atom is 0.256 e. The monoisotopic (exact) mass is 311 g/mol. The summed E-state index contributed by atoms with van der Waals surface area (Å²) in [5, 5.41) is 3.94. The Kier molecular flexibility index (Phi) is 3.56. The van der Waals surface area contributed by atoms with Crippen LogP contribution in [0.3, 0.4) is 0 Å². The van der Waals surface area contributed by atoms with Gasteiger partial charge in [-0.3, -0.25) is 9.59 Å². The second kappa shape index (κ2) is 5.72. The van der Waals surface area contributed by atoms with E-state index >= 15 is 0 Å². The molecule has 2 aliphatic rings. The number of aryl methyl sites for hydroxylation is 2. The number of benzene rings is 1. The molecule has 5 nitrogen and oxygen atoms in total. The number of aromatic nitrogens is 1. The van der Waals surface area contributed by atoms with E-state index < -0.39 is 0 Å². The second-order valence-electron chi connectivity index (χ2n) is 6.45. The molecule has 0 saturated carbocycles. The Balaban J connectivity index is 1.75. The van der Waals surface area contributed by atoms with Crippen molar-refractivity contribution in [3.8, 4) is 0 Å². The van der Waals surface area contributed by atoms with Gasteiger partial charge in [-0.15, -0.1) is 0 Å². The smallest absolute Gasteiger partial charge is 0.256 e. The van der Waals surface area contributed by atoms with Crippen LogP contribution in [0, 0.1) is 0 Å². The summed E-state index contributed by atoms with van der Waals surface area (Å²) in [5.74, 6) is -0.138. The molecule has 0 atom stereocenters. The highest BCUT2D eigenvalue weighted by Crippen LogP contribution is 2.30. The molecule has 2 N–H and O–H groups in total. The van der Waals surface area contributed by atoms with Crippen molar-refractivity contribution in [2.24, 2.45) is 0 Å². The zero-order chi connectivity index (χ0) is 15.8. The van der Waals surface area contributed by atoms with E-state index in [0.717, 1.165) is 18.4 Å². The van der Waals surface area contributed by atoms with Gasteiger partial charge in [-0.1, -0.05) is 18.6 Å². The fourth-order valence-electron chi connectivity index (χ4n) is 3.77. The Morgan fingerprint density at radius 2 is 2.00 bits per heavy atom. The summed E-state index contributed by atoms with van der Waals surface area (Å²) < 4.78 is 0. The Hall–Kier alpha value is -2.30. The molecule has 1 saturated heterocycles. The Morgan fingerprint density at radius 1 is 1.13 bits per heavy atom. The minimum Gasteiger partial charge on any atom is -0.358 e. The molecule has 120 valence electrons. The van der Waals surface area contributed by atoms with Gasteiger partial charge in [-0.2, -0.15) is 0 Å². The molecular weight excluding hydrogens is 290 g/mol. The number of fused-ring (bicyclic) bond motifs is 3. The number of nitrogens with one attached hydrogen (secondary N) is 2. The summed E-state index contributed by atoms with van der Waals surface area (Å²) in [6, 6.07) is 5.93. The fraction of sp³-hybridized carbons (Fsp3) is 0.444. The molecule has 0 bridgehead atoms. The third-order valence-corrected chi connectivity index (χ3v) is 4.94. The lowest BCUT2D eigenvalue weighted by molar-refractivity contribution is -0.123. The summed E-state index contributed by atoms with van der Waals surface area (Å²) in [5.41, 5.74) is 4.29. The van der Waals surface area contributed by atoms with E-state index in [2.05, 4.69) is 16.4 Å². The van der Waals surface area contributed by atoms with E-state index in [1.807, 2.05) is 12.1 Å². The SMILES string of the molecule is O=C1CN(C(=O)c2cccc3c4c([nH]c23)CCCCC4)CCN1. The van der Waals surface area contributed by atoms with E-state index in [1.54, 1.807) is 4.90 Å². The summed E-state index contributed by atoms with van der Waals surface area (Å²) >= 11 is 0. The van der Waals surface area contributed by atoms with Gasteiger partial charge in [0.15, 0.2) is 0 Å². The van der Waals surface area contributed by atoms with Crippen LogP contribution in [0.25, 0.3) is 10.9 Å². The number of aromatic amines is 1. The zero-order valence-electron chi connectivity index (χ0n) is 13.2. The predicted molar refractivity (Wildman–Crippen MR) is 88.5 cm³/mol. The average molecular weight is 311 g/mol. The van der Waals surface area contributed by atoms with Crippen LogP contribution >= 0.6 is 0 Å². The third-order valence-electron chi connectivity index (χ3n) is 4.94. The minimum absolute atomic E-state index is 0.0538. The van der Waals surface area contributed by atoms with Crippen molar-refractivity contribution in [3.63, 3.8) is 0 Å². The van der Waals surface area contributed by atoms with Crippen LogP contribution in [-0.4, -0.2) is 41.3 Å². The molecule has 1 aliphatic heterocycles. The summed E-state index contributed by atoms with van der Waals surface area (Å²) in [6.07, 6.45) is 5.83. The maximum absolute atomic E-state index is 12.9.